The van der Waals surface area contributed by atoms with Crippen molar-refractivity contribution >= 4 is 17.6 Å². The first-order valence-electron chi connectivity index (χ1n) is 9.94. The zero-order valence-electron chi connectivity index (χ0n) is 17.2. The van der Waals surface area contributed by atoms with Crippen LogP contribution in [0.5, 0.6) is 11.5 Å². The van der Waals surface area contributed by atoms with Gasteiger partial charge in [0.15, 0.2) is 0 Å². The largest absolute Gasteiger partial charge is 0.496 e. The molecule has 0 saturated carbocycles. The first-order valence-corrected chi connectivity index (χ1v) is 9.94. The number of aromatic nitrogens is 2. The van der Waals surface area contributed by atoms with Gasteiger partial charge >= 0.3 is 0 Å². The van der Waals surface area contributed by atoms with Crippen molar-refractivity contribution in [2.45, 2.75) is 13.2 Å². The van der Waals surface area contributed by atoms with E-state index in [4.69, 9.17) is 9.47 Å². The molecule has 4 rings (SSSR count). The summed E-state index contributed by atoms with van der Waals surface area (Å²) in [6.45, 7) is 0.797. The van der Waals surface area contributed by atoms with Gasteiger partial charge in [0.1, 0.15) is 23.8 Å². The van der Waals surface area contributed by atoms with Crippen molar-refractivity contribution in [1.29, 1.82) is 0 Å². The number of ether oxygens (including phenoxy) is 2. The standard InChI is InChI=1S/C25H23N3O3/c1-30-23-7-3-2-6-20(23)16-26-25(29)14-11-19-9-12-22(13-10-19)31-18-21-17-28-15-5-4-8-24(28)27-21/h2-15,17H,16,18H2,1H3,(H,26,29)/b14-11+. The number of carbonyl (C=O) groups is 1. The number of benzene rings is 2. The highest BCUT2D eigenvalue weighted by Gasteiger charge is 2.04. The van der Waals surface area contributed by atoms with Crippen molar-refractivity contribution in [2.24, 2.45) is 0 Å². The van der Waals surface area contributed by atoms with Gasteiger partial charge in [-0.05, 0) is 42.0 Å². The molecule has 0 atom stereocenters. The molecule has 2 aromatic carbocycles. The molecule has 0 spiro atoms. The molecule has 0 fully saturated rings. The van der Waals surface area contributed by atoms with Crippen molar-refractivity contribution in [2.75, 3.05) is 7.11 Å². The van der Waals surface area contributed by atoms with Crippen LogP contribution in [0.15, 0.2) is 85.2 Å². The van der Waals surface area contributed by atoms with Crippen molar-refractivity contribution in [3.8, 4) is 11.5 Å². The third-order valence-corrected chi connectivity index (χ3v) is 4.75. The van der Waals surface area contributed by atoms with E-state index in [0.29, 0.717) is 13.2 Å². The summed E-state index contributed by atoms with van der Waals surface area (Å²) in [7, 11) is 1.62. The molecular formula is C25H23N3O3. The molecule has 6 nitrogen and oxygen atoms in total. The van der Waals surface area contributed by atoms with Crippen LogP contribution in [0.25, 0.3) is 11.7 Å². The van der Waals surface area contributed by atoms with Gasteiger partial charge in [0, 0.05) is 30.6 Å². The Hall–Kier alpha value is -4.06. The van der Waals surface area contributed by atoms with Crippen molar-refractivity contribution in [3.05, 3.63) is 102 Å². The second-order valence-corrected chi connectivity index (χ2v) is 6.92. The fourth-order valence-electron chi connectivity index (χ4n) is 3.15. The maximum absolute atomic E-state index is 12.1. The topological polar surface area (TPSA) is 64.9 Å². The summed E-state index contributed by atoms with van der Waals surface area (Å²) in [5, 5.41) is 2.87. The molecule has 1 amide bonds. The number of fused-ring (bicyclic) bond motifs is 1. The lowest BCUT2D eigenvalue weighted by Crippen LogP contribution is -2.20. The second kappa shape index (κ2) is 9.63. The minimum absolute atomic E-state index is 0.168. The van der Waals surface area contributed by atoms with Crippen molar-refractivity contribution in [3.63, 3.8) is 0 Å². The van der Waals surface area contributed by atoms with Gasteiger partial charge in [-0.25, -0.2) is 4.98 Å². The number of para-hydroxylation sites is 1. The van der Waals surface area contributed by atoms with Crippen LogP contribution in [0.2, 0.25) is 0 Å². The second-order valence-electron chi connectivity index (χ2n) is 6.92. The van der Waals surface area contributed by atoms with Gasteiger partial charge in [-0.2, -0.15) is 0 Å². The maximum Gasteiger partial charge on any atom is 0.244 e. The number of pyridine rings is 1. The van der Waals surface area contributed by atoms with Crippen LogP contribution >= 0.6 is 0 Å². The molecule has 0 bridgehead atoms. The van der Waals surface area contributed by atoms with E-state index < -0.39 is 0 Å². The van der Waals surface area contributed by atoms with Gasteiger partial charge in [0.2, 0.25) is 5.91 Å². The molecule has 0 aliphatic carbocycles. The average molecular weight is 413 g/mol. The Kier molecular flexibility index (Phi) is 6.28. The molecule has 2 aromatic heterocycles. The van der Waals surface area contributed by atoms with E-state index in [1.54, 1.807) is 13.2 Å². The highest BCUT2D eigenvalue weighted by atomic mass is 16.5. The Labute approximate surface area is 180 Å². The summed E-state index contributed by atoms with van der Waals surface area (Å²) in [6.07, 6.45) is 7.20. The lowest BCUT2D eigenvalue weighted by Gasteiger charge is -2.08. The highest BCUT2D eigenvalue weighted by molar-refractivity contribution is 5.91. The van der Waals surface area contributed by atoms with Crippen LogP contribution in [0.3, 0.4) is 0 Å². The predicted molar refractivity (Wildman–Crippen MR) is 120 cm³/mol. The minimum Gasteiger partial charge on any atom is -0.496 e. The number of rotatable bonds is 8. The number of nitrogens with one attached hydrogen (secondary N) is 1. The molecule has 1 N–H and O–H groups in total. The summed E-state index contributed by atoms with van der Waals surface area (Å²) in [5.41, 5.74) is 3.60. The molecule has 0 unspecified atom stereocenters. The van der Waals surface area contributed by atoms with Gasteiger partial charge in [0.25, 0.3) is 0 Å². The highest BCUT2D eigenvalue weighted by Crippen LogP contribution is 2.17. The molecule has 0 radical (unpaired) electrons. The lowest BCUT2D eigenvalue weighted by atomic mass is 10.2. The zero-order chi connectivity index (χ0) is 21.5. The predicted octanol–water partition coefficient (Wildman–Crippen LogP) is 4.25. The number of amides is 1. The molecular weight excluding hydrogens is 390 g/mol. The van der Waals surface area contributed by atoms with Crippen molar-refractivity contribution < 1.29 is 14.3 Å². The molecule has 0 aliphatic rings. The maximum atomic E-state index is 12.1. The molecule has 6 heteroatoms. The number of carbonyl (C=O) groups excluding carboxylic acids is 1. The monoisotopic (exact) mass is 413 g/mol. The third-order valence-electron chi connectivity index (χ3n) is 4.75. The number of hydrogen-bond acceptors (Lipinski definition) is 4. The Morgan fingerprint density at radius 2 is 1.87 bits per heavy atom. The van der Waals surface area contributed by atoms with Crippen LogP contribution in [-0.2, 0) is 17.9 Å². The third kappa shape index (κ3) is 5.30. The van der Waals surface area contributed by atoms with Gasteiger partial charge in [0.05, 0.1) is 12.8 Å². The van der Waals surface area contributed by atoms with Crippen LogP contribution in [0.1, 0.15) is 16.8 Å². The minimum atomic E-state index is -0.168. The average Bonchev–Trinajstić information content (AvgIpc) is 3.24. The molecule has 156 valence electrons. The quantitative estimate of drug-likeness (QED) is 0.439. The number of nitrogens with zero attached hydrogens (tertiary/aromatic N) is 2. The molecule has 0 saturated heterocycles. The van der Waals surface area contributed by atoms with E-state index >= 15 is 0 Å². The lowest BCUT2D eigenvalue weighted by molar-refractivity contribution is -0.116. The summed E-state index contributed by atoms with van der Waals surface area (Å²) in [5.74, 6) is 1.33. The molecule has 2 heterocycles. The van der Waals surface area contributed by atoms with Gasteiger partial charge in [-0.3, -0.25) is 4.79 Å². The van der Waals surface area contributed by atoms with Crippen LogP contribution in [-0.4, -0.2) is 22.4 Å². The van der Waals surface area contributed by atoms with Crippen LogP contribution in [0.4, 0.5) is 0 Å². The summed E-state index contributed by atoms with van der Waals surface area (Å²) in [4.78, 5) is 16.6. The van der Waals surface area contributed by atoms with Gasteiger partial charge < -0.3 is 19.2 Å². The van der Waals surface area contributed by atoms with E-state index in [-0.39, 0.29) is 5.91 Å². The summed E-state index contributed by atoms with van der Waals surface area (Å²) < 4.78 is 13.1. The Morgan fingerprint density at radius 1 is 1.06 bits per heavy atom. The number of methoxy groups -OCH3 is 1. The van der Waals surface area contributed by atoms with E-state index in [9.17, 15) is 4.79 Å². The van der Waals surface area contributed by atoms with Gasteiger partial charge in [-0.1, -0.05) is 36.4 Å². The smallest absolute Gasteiger partial charge is 0.244 e. The van der Waals surface area contributed by atoms with Crippen LogP contribution < -0.4 is 14.8 Å². The fourth-order valence-corrected chi connectivity index (χ4v) is 3.15. The molecule has 31 heavy (non-hydrogen) atoms. The normalized spacial score (nSPS) is 11.0. The van der Waals surface area contributed by atoms with Crippen LogP contribution in [0, 0.1) is 0 Å². The molecule has 4 aromatic rings. The van der Waals surface area contributed by atoms with E-state index in [2.05, 4.69) is 10.3 Å². The Morgan fingerprint density at radius 3 is 2.68 bits per heavy atom. The Balaban J connectivity index is 1.28. The number of hydrogen-bond donors (Lipinski definition) is 1. The van der Waals surface area contributed by atoms with Crippen molar-refractivity contribution in [1.82, 2.24) is 14.7 Å². The first-order chi connectivity index (χ1) is 15.2. The fraction of sp³-hybridized carbons (Fsp3) is 0.120. The van der Waals surface area contributed by atoms with E-state index in [0.717, 1.165) is 34.0 Å². The SMILES string of the molecule is COc1ccccc1CNC(=O)/C=C/c1ccc(OCc2cn3ccccc3n2)cc1. The zero-order valence-corrected chi connectivity index (χ0v) is 17.2. The van der Waals surface area contributed by atoms with E-state index in [1.165, 1.54) is 6.08 Å². The summed E-state index contributed by atoms with van der Waals surface area (Å²) >= 11 is 0. The van der Waals surface area contributed by atoms with E-state index in [1.807, 2.05) is 83.5 Å². The Bertz CT molecular complexity index is 1160. The first kappa shape index (κ1) is 20.2. The summed E-state index contributed by atoms with van der Waals surface area (Å²) in [6, 6.07) is 21.0. The van der Waals surface area contributed by atoms with Gasteiger partial charge in [-0.15, -0.1) is 0 Å². The number of imidazole rings is 1. The molecule has 0 aliphatic heterocycles.